The fourth-order valence-corrected chi connectivity index (χ4v) is 4.63. The molecule has 3 amide bonds. The molecule has 1 aliphatic carbocycles. The number of carbonyl (C=O) groups is 3. The lowest BCUT2D eigenvalue weighted by molar-refractivity contribution is -0.120. The topological polar surface area (TPSA) is 87.3 Å². The van der Waals surface area contributed by atoms with Crippen molar-refractivity contribution in [2.75, 3.05) is 6.54 Å². The predicted molar refractivity (Wildman–Crippen MR) is 102 cm³/mol. The Morgan fingerprint density at radius 2 is 1.81 bits per heavy atom. The molecule has 0 saturated carbocycles. The van der Waals surface area contributed by atoms with Crippen molar-refractivity contribution in [2.24, 2.45) is 0 Å². The van der Waals surface area contributed by atoms with Gasteiger partial charge in [-0.3, -0.25) is 25.2 Å². The maximum atomic E-state index is 12.3. The second-order valence-electron chi connectivity index (χ2n) is 6.17. The van der Waals surface area contributed by atoms with Gasteiger partial charge in [-0.1, -0.05) is 12.8 Å². The molecule has 0 aliphatic heterocycles. The molecule has 2 heterocycles. The molecule has 0 aromatic carbocycles. The van der Waals surface area contributed by atoms with Crippen LogP contribution >= 0.6 is 22.7 Å². The first-order chi connectivity index (χ1) is 12.6. The zero-order valence-electron chi connectivity index (χ0n) is 14.3. The molecule has 0 unspecified atom stereocenters. The molecule has 0 atom stereocenters. The monoisotopic (exact) mass is 391 g/mol. The lowest BCUT2D eigenvalue weighted by Gasteiger charge is -2.07. The third-order valence-electron chi connectivity index (χ3n) is 4.23. The van der Waals surface area contributed by atoms with Crippen LogP contribution in [0.4, 0.5) is 0 Å². The van der Waals surface area contributed by atoms with Crippen LogP contribution in [0.2, 0.25) is 0 Å². The summed E-state index contributed by atoms with van der Waals surface area (Å²) in [4.78, 5) is 37.7. The van der Waals surface area contributed by atoms with Crippen molar-refractivity contribution in [3.63, 3.8) is 0 Å². The maximum Gasteiger partial charge on any atom is 0.279 e. The van der Waals surface area contributed by atoms with Crippen LogP contribution in [-0.4, -0.2) is 24.3 Å². The SMILES string of the molecule is O=C(CNC(=O)c1ccsc1)NNC(=O)c1cc2c(s1)CCCCCC2. The van der Waals surface area contributed by atoms with Gasteiger partial charge in [0, 0.05) is 15.8 Å². The van der Waals surface area contributed by atoms with Gasteiger partial charge in [0.15, 0.2) is 0 Å². The smallest absolute Gasteiger partial charge is 0.279 e. The van der Waals surface area contributed by atoms with Crippen LogP contribution in [0.5, 0.6) is 0 Å². The van der Waals surface area contributed by atoms with Crippen LogP contribution in [0.1, 0.15) is 56.2 Å². The Hall–Kier alpha value is -2.19. The molecule has 6 nitrogen and oxygen atoms in total. The molecular formula is C18H21N3O3S2. The Morgan fingerprint density at radius 3 is 2.58 bits per heavy atom. The number of nitrogens with one attached hydrogen (secondary N) is 3. The van der Waals surface area contributed by atoms with E-state index in [1.54, 1.807) is 16.8 Å². The van der Waals surface area contributed by atoms with Crippen molar-refractivity contribution in [3.8, 4) is 0 Å². The number of rotatable bonds is 4. The molecule has 2 aromatic heterocycles. The summed E-state index contributed by atoms with van der Waals surface area (Å²) in [6.07, 6.45) is 6.84. The molecule has 0 saturated heterocycles. The number of hydrogen-bond acceptors (Lipinski definition) is 5. The number of fused-ring (bicyclic) bond motifs is 1. The van der Waals surface area contributed by atoms with Gasteiger partial charge in [-0.2, -0.15) is 11.3 Å². The van der Waals surface area contributed by atoms with Crippen LogP contribution in [-0.2, 0) is 17.6 Å². The average molecular weight is 392 g/mol. The van der Waals surface area contributed by atoms with Crippen molar-refractivity contribution in [1.82, 2.24) is 16.2 Å². The molecule has 3 N–H and O–H groups in total. The fourth-order valence-electron chi connectivity index (χ4n) is 2.84. The van der Waals surface area contributed by atoms with Crippen LogP contribution in [0.25, 0.3) is 0 Å². The molecule has 26 heavy (non-hydrogen) atoms. The summed E-state index contributed by atoms with van der Waals surface area (Å²) >= 11 is 2.91. The molecule has 0 spiro atoms. The zero-order valence-corrected chi connectivity index (χ0v) is 15.9. The van der Waals surface area contributed by atoms with Gasteiger partial charge >= 0.3 is 0 Å². The van der Waals surface area contributed by atoms with E-state index in [0.717, 1.165) is 25.7 Å². The van der Waals surface area contributed by atoms with E-state index in [4.69, 9.17) is 0 Å². The van der Waals surface area contributed by atoms with Gasteiger partial charge in [0.2, 0.25) is 0 Å². The Bertz CT molecular complexity index is 758. The van der Waals surface area contributed by atoms with E-state index >= 15 is 0 Å². The summed E-state index contributed by atoms with van der Waals surface area (Å²) < 4.78 is 0. The Kier molecular flexibility index (Phi) is 6.40. The number of aryl methyl sites for hydroxylation is 2. The quantitative estimate of drug-likeness (QED) is 0.700. The highest BCUT2D eigenvalue weighted by molar-refractivity contribution is 7.14. The van der Waals surface area contributed by atoms with E-state index in [2.05, 4.69) is 16.2 Å². The molecule has 8 heteroatoms. The zero-order chi connectivity index (χ0) is 18.4. The molecule has 138 valence electrons. The maximum absolute atomic E-state index is 12.3. The van der Waals surface area contributed by atoms with Crippen molar-refractivity contribution in [3.05, 3.63) is 43.8 Å². The van der Waals surface area contributed by atoms with Crippen molar-refractivity contribution >= 4 is 40.4 Å². The second-order valence-corrected chi connectivity index (χ2v) is 8.09. The Balaban J connectivity index is 1.47. The minimum Gasteiger partial charge on any atom is -0.343 e. The van der Waals surface area contributed by atoms with Crippen LogP contribution < -0.4 is 16.2 Å². The minimum absolute atomic E-state index is 0.199. The first kappa shape index (κ1) is 18.6. The van der Waals surface area contributed by atoms with Crippen molar-refractivity contribution < 1.29 is 14.4 Å². The lowest BCUT2D eigenvalue weighted by atomic mass is 10.00. The molecule has 0 fully saturated rings. The van der Waals surface area contributed by atoms with Gasteiger partial charge in [0.25, 0.3) is 17.7 Å². The number of carbonyl (C=O) groups excluding carboxylic acids is 3. The summed E-state index contributed by atoms with van der Waals surface area (Å²) in [7, 11) is 0. The molecule has 0 radical (unpaired) electrons. The normalized spacial score (nSPS) is 13.8. The largest absolute Gasteiger partial charge is 0.343 e. The summed E-state index contributed by atoms with van der Waals surface area (Å²) in [6.45, 7) is -0.199. The molecule has 2 aromatic rings. The second kappa shape index (κ2) is 8.95. The standard InChI is InChI=1S/C18H21N3O3S2/c22-16(10-19-17(23)13-7-8-25-11-13)20-21-18(24)15-9-12-5-3-1-2-4-6-14(12)26-15/h7-9,11H,1-6,10H2,(H,19,23)(H,20,22)(H,21,24). The summed E-state index contributed by atoms with van der Waals surface area (Å²) in [5.74, 6) is -1.11. The van der Waals surface area contributed by atoms with Gasteiger partial charge in [-0.05, 0) is 48.8 Å². The van der Waals surface area contributed by atoms with E-state index in [9.17, 15) is 14.4 Å². The predicted octanol–water partition coefficient (Wildman–Crippen LogP) is 2.66. The Morgan fingerprint density at radius 1 is 1.00 bits per heavy atom. The van der Waals surface area contributed by atoms with E-state index in [1.807, 2.05) is 6.07 Å². The summed E-state index contributed by atoms with van der Waals surface area (Å²) in [5.41, 5.74) is 6.54. The molecule has 1 aliphatic rings. The van der Waals surface area contributed by atoms with Crippen molar-refractivity contribution in [1.29, 1.82) is 0 Å². The highest BCUT2D eigenvalue weighted by atomic mass is 32.1. The average Bonchev–Trinajstić information content (AvgIpc) is 3.28. The fraction of sp³-hybridized carbons (Fsp3) is 0.389. The van der Waals surface area contributed by atoms with Crippen LogP contribution in [0.3, 0.4) is 0 Å². The van der Waals surface area contributed by atoms with Crippen molar-refractivity contribution in [2.45, 2.75) is 38.5 Å². The van der Waals surface area contributed by atoms with E-state index < -0.39 is 5.91 Å². The van der Waals surface area contributed by atoms with E-state index in [0.29, 0.717) is 10.4 Å². The third-order valence-corrected chi connectivity index (χ3v) is 6.15. The molecular weight excluding hydrogens is 370 g/mol. The molecule has 3 rings (SSSR count). The van der Waals surface area contributed by atoms with Crippen LogP contribution in [0, 0.1) is 0 Å². The first-order valence-electron chi connectivity index (χ1n) is 8.64. The lowest BCUT2D eigenvalue weighted by Crippen LogP contribution is -2.46. The number of thiophene rings is 2. The van der Waals surface area contributed by atoms with Gasteiger partial charge in [-0.15, -0.1) is 11.3 Å². The number of hydrogen-bond donors (Lipinski definition) is 3. The first-order valence-corrected chi connectivity index (χ1v) is 10.4. The highest BCUT2D eigenvalue weighted by Gasteiger charge is 2.16. The van der Waals surface area contributed by atoms with Gasteiger partial charge < -0.3 is 5.32 Å². The highest BCUT2D eigenvalue weighted by Crippen LogP contribution is 2.28. The van der Waals surface area contributed by atoms with Gasteiger partial charge in [0.05, 0.1) is 11.4 Å². The number of hydrazine groups is 1. The third kappa shape index (κ3) is 4.92. The van der Waals surface area contributed by atoms with Gasteiger partial charge in [-0.25, -0.2) is 0 Å². The van der Waals surface area contributed by atoms with E-state index in [1.165, 1.54) is 46.0 Å². The molecule has 0 bridgehead atoms. The minimum atomic E-state index is -0.475. The summed E-state index contributed by atoms with van der Waals surface area (Å²) in [5, 5.41) is 6.01. The summed E-state index contributed by atoms with van der Waals surface area (Å²) in [6, 6.07) is 3.62. The van der Waals surface area contributed by atoms with Gasteiger partial charge in [0.1, 0.15) is 0 Å². The van der Waals surface area contributed by atoms with E-state index in [-0.39, 0.29) is 18.4 Å². The Labute approximate surface area is 160 Å². The number of amides is 3. The van der Waals surface area contributed by atoms with Crippen LogP contribution in [0.15, 0.2) is 22.9 Å².